The third-order valence-corrected chi connectivity index (χ3v) is 3.67. The Hall–Kier alpha value is -1.01. The molecular formula is C15H25Cl2N3O2. The average Bonchev–Trinajstić information content (AvgIpc) is 2.48. The Morgan fingerprint density at radius 3 is 2.27 bits per heavy atom. The Morgan fingerprint density at radius 1 is 1.14 bits per heavy atom. The van der Waals surface area contributed by atoms with Crippen LogP contribution in [0.2, 0.25) is 0 Å². The fourth-order valence-corrected chi connectivity index (χ4v) is 2.36. The van der Waals surface area contributed by atoms with Crippen molar-refractivity contribution in [2.24, 2.45) is 0 Å². The molecule has 7 heteroatoms. The second-order valence-corrected chi connectivity index (χ2v) is 5.13. The van der Waals surface area contributed by atoms with Gasteiger partial charge in [0.1, 0.15) is 0 Å². The molecule has 1 aromatic rings. The normalized spacial score (nSPS) is 14.9. The van der Waals surface area contributed by atoms with Gasteiger partial charge in [-0.3, -0.25) is 9.69 Å². The van der Waals surface area contributed by atoms with Crippen LogP contribution in [0.15, 0.2) is 24.3 Å². The fraction of sp³-hybridized carbons (Fsp3) is 0.533. The molecule has 0 aliphatic carbocycles. The number of benzene rings is 1. The molecule has 0 spiro atoms. The Morgan fingerprint density at radius 2 is 1.73 bits per heavy atom. The van der Waals surface area contributed by atoms with Crippen molar-refractivity contribution in [3.63, 3.8) is 0 Å². The number of ether oxygens (including phenoxy) is 1. The van der Waals surface area contributed by atoms with Gasteiger partial charge in [0.15, 0.2) is 0 Å². The quantitative estimate of drug-likeness (QED) is 0.817. The van der Waals surface area contributed by atoms with E-state index in [2.05, 4.69) is 4.90 Å². The molecular weight excluding hydrogens is 325 g/mol. The smallest absolute Gasteiger partial charge is 0.227 e. The lowest BCUT2D eigenvalue weighted by atomic mass is 10.1. The molecule has 0 unspecified atom stereocenters. The number of rotatable bonds is 5. The largest absolute Gasteiger partial charge is 0.399 e. The third-order valence-electron chi connectivity index (χ3n) is 3.67. The van der Waals surface area contributed by atoms with Gasteiger partial charge < -0.3 is 15.4 Å². The molecule has 2 N–H and O–H groups in total. The summed E-state index contributed by atoms with van der Waals surface area (Å²) >= 11 is 0. The van der Waals surface area contributed by atoms with Gasteiger partial charge in [-0.25, -0.2) is 0 Å². The number of carbonyl (C=O) groups is 1. The molecule has 1 heterocycles. The van der Waals surface area contributed by atoms with Crippen LogP contribution in [-0.4, -0.2) is 62.1 Å². The van der Waals surface area contributed by atoms with Gasteiger partial charge in [-0.15, -0.1) is 24.8 Å². The van der Waals surface area contributed by atoms with Crippen molar-refractivity contribution in [2.45, 2.75) is 6.42 Å². The molecule has 0 atom stereocenters. The first-order valence-corrected chi connectivity index (χ1v) is 7.02. The zero-order valence-electron chi connectivity index (χ0n) is 12.9. The lowest BCUT2D eigenvalue weighted by Gasteiger charge is -2.34. The van der Waals surface area contributed by atoms with Gasteiger partial charge in [0.05, 0.1) is 13.0 Å². The number of hydrogen-bond acceptors (Lipinski definition) is 4. The lowest BCUT2D eigenvalue weighted by Crippen LogP contribution is -2.49. The van der Waals surface area contributed by atoms with Gasteiger partial charge in [0.25, 0.3) is 0 Å². The van der Waals surface area contributed by atoms with E-state index in [0.717, 1.165) is 50.6 Å². The summed E-state index contributed by atoms with van der Waals surface area (Å²) in [5.41, 5.74) is 7.39. The Balaban J connectivity index is 0.00000220. The monoisotopic (exact) mass is 349 g/mol. The number of amides is 1. The van der Waals surface area contributed by atoms with E-state index in [9.17, 15) is 4.79 Å². The van der Waals surface area contributed by atoms with Crippen molar-refractivity contribution < 1.29 is 9.53 Å². The van der Waals surface area contributed by atoms with Gasteiger partial charge in [0, 0.05) is 45.5 Å². The van der Waals surface area contributed by atoms with Gasteiger partial charge in [-0.2, -0.15) is 0 Å². The average molecular weight is 350 g/mol. The standard InChI is InChI=1S/C15H23N3O2.2ClH/c1-20-11-10-17-6-8-18(9-7-17)15(19)12-13-2-4-14(16)5-3-13;;/h2-5H,6-12,16H2,1H3;2*1H. The molecule has 0 saturated carbocycles. The van der Waals surface area contributed by atoms with Crippen LogP contribution in [0.4, 0.5) is 5.69 Å². The van der Waals surface area contributed by atoms with Crippen molar-refractivity contribution >= 4 is 36.4 Å². The minimum Gasteiger partial charge on any atom is -0.399 e. The highest BCUT2D eigenvalue weighted by atomic mass is 35.5. The van der Waals surface area contributed by atoms with E-state index >= 15 is 0 Å². The van der Waals surface area contributed by atoms with E-state index in [1.54, 1.807) is 7.11 Å². The Kier molecular flexibility index (Phi) is 10.2. The van der Waals surface area contributed by atoms with E-state index in [0.29, 0.717) is 6.42 Å². The molecule has 1 saturated heterocycles. The summed E-state index contributed by atoms with van der Waals surface area (Å²) in [4.78, 5) is 16.5. The predicted molar refractivity (Wildman–Crippen MR) is 94.0 cm³/mol. The summed E-state index contributed by atoms with van der Waals surface area (Å²) in [7, 11) is 1.71. The molecule has 0 bridgehead atoms. The second-order valence-electron chi connectivity index (χ2n) is 5.13. The summed E-state index contributed by atoms with van der Waals surface area (Å²) in [6, 6.07) is 7.51. The van der Waals surface area contributed by atoms with Crippen LogP contribution < -0.4 is 5.73 Å². The molecule has 1 aromatic carbocycles. The SMILES string of the molecule is COCCN1CCN(C(=O)Cc2ccc(N)cc2)CC1.Cl.Cl. The zero-order chi connectivity index (χ0) is 14.4. The molecule has 1 aliphatic heterocycles. The number of nitrogens with two attached hydrogens (primary N) is 1. The van der Waals surface area contributed by atoms with Crippen LogP contribution >= 0.6 is 24.8 Å². The van der Waals surface area contributed by atoms with Gasteiger partial charge in [0.2, 0.25) is 5.91 Å². The Bertz CT molecular complexity index is 435. The molecule has 126 valence electrons. The fourth-order valence-electron chi connectivity index (χ4n) is 2.36. The highest BCUT2D eigenvalue weighted by molar-refractivity contribution is 5.85. The van der Waals surface area contributed by atoms with Crippen LogP contribution in [0.1, 0.15) is 5.56 Å². The number of piperazine rings is 1. The van der Waals surface area contributed by atoms with Crippen LogP contribution in [0.5, 0.6) is 0 Å². The number of anilines is 1. The molecule has 1 fully saturated rings. The maximum absolute atomic E-state index is 12.2. The first-order chi connectivity index (χ1) is 9.69. The van der Waals surface area contributed by atoms with E-state index in [-0.39, 0.29) is 30.7 Å². The van der Waals surface area contributed by atoms with Gasteiger partial charge >= 0.3 is 0 Å². The summed E-state index contributed by atoms with van der Waals surface area (Å²) < 4.78 is 5.08. The van der Waals surface area contributed by atoms with Crippen LogP contribution in [0, 0.1) is 0 Å². The topological polar surface area (TPSA) is 58.8 Å². The zero-order valence-corrected chi connectivity index (χ0v) is 14.5. The molecule has 1 aliphatic rings. The van der Waals surface area contributed by atoms with Crippen molar-refractivity contribution in [1.82, 2.24) is 9.80 Å². The minimum atomic E-state index is 0. The van der Waals surface area contributed by atoms with E-state index in [4.69, 9.17) is 10.5 Å². The van der Waals surface area contributed by atoms with E-state index in [1.165, 1.54) is 0 Å². The molecule has 5 nitrogen and oxygen atoms in total. The number of nitrogen functional groups attached to an aromatic ring is 1. The van der Waals surface area contributed by atoms with Crippen molar-refractivity contribution in [3.8, 4) is 0 Å². The van der Waals surface area contributed by atoms with Gasteiger partial charge in [-0.05, 0) is 17.7 Å². The summed E-state index contributed by atoms with van der Waals surface area (Å²) in [6.07, 6.45) is 0.457. The summed E-state index contributed by atoms with van der Waals surface area (Å²) in [5.74, 6) is 0.196. The molecule has 2 rings (SSSR count). The van der Waals surface area contributed by atoms with Crippen LogP contribution in [0.3, 0.4) is 0 Å². The predicted octanol–water partition coefficient (Wildman–Crippen LogP) is 1.45. The highest BCUT2D eigenvalue weighted by Crippen LogP contribution is 2.09. The van der Waals surface area contributed by atoms with Crippen LogP contribution in [0.25, 0.3) is 0 Å². The number of hydrogen-bond donors (Lipinski definition) is 1. The van der Waals surface area contributed by atoms with Crippen molar-refractivity contribution in [2.75, 3.05) is 52.2 Å². The minimum absolute atomic E-state index is 0. The van der Waals surface area contributed by atoms with Crippen molar-refractivity contribution in [1.29, 1.82) is 0 Å². The second kappa shape index (κ2) is 10.7. The third kappa shape index (κ3) is 6.40. The van der Waals surface area contributed by atoms with E-state index < -0.39 is 0 Å². The first-order valence-electron chi connectivity index (χ1n) is 7.02. The summed E-state index contributed by atoms with van der Waals surface area (Å²) in [5, 5.41) is 0. The first kappa shape index (κ1) is 21.0. The highest BCUT2D eigenvalue weighted by Gasteiger charge is 2.20. The lowest BCUT2D eigenvalue weighted by molar-refractivity contribution is -0.132. The number of carbonyl (C=O) groups excluding carboxylic acids is 1. The molecule has 0 aromatic heterocycles. The number of methoxy groups -OCH3 is 1. The molecule has 22 heavy (non-hydrogen) atoms. The maximum Gasteiger partial charge on any atom is 0.227 e. The van der Waals surface area contributed by atoms with E-state index in [1.807, 2.05) is 29.2 Å². The molecule has 1 amide bonds. The Labute approximate surface area is 144 Å². The van der Waals surface area contributed by atoms with Crippen LogP contribution in [-0.2, 0) is 16.0 Å². The number of halogens is 2. The van der Waals surface area contributed by atoms with Gasteiger partial charge in [-0.1, -0.05) is 12.1 Å². The molecule has 0 radical (unpaired) electrons. The maximum atomic E-state index is 12.2. The number of nitrogens with zero attached hydrogens (tertiary/aromatic N) is 2. The summed E-state index contributed by atoms with van der Waals surface area (Å²) in [6.45, 7) is 5.15. The van der Waals surface area contributed by atoms with Crippen molar-refractivity contribution in [3.05, 3.63) is 29.8 Å².